The summed E-state index contributed by atoms with van der Waals surface area (Å²) in [6.45, 7) is -0.593. The van der Waals surface area contributed by atoms with Gasteiger partial charge in [-0.05, 0) is 36.4 Å². The molecule has 0 atom stereocenters. The van der Waals surface area contributed by atoms with E-state index in [1.165, 1.54) is 30.3 Å². The van der Waals surface area contributed by atoms with Crippen molar-refractivity contribution in [1.82, 2.24) is 0 Å². The van der Waals surface area contributed by atoms with E-state index in [-0.39, 0.29) is 26.4 Å². The summed E-state index contributed by atoms with van der Waals surface area (Å²) in [6, 6.07) is 7.95. The van der Waals surface area contributed by atoms with Gasteiger partial charge in [0, 0.05) is 5.02 Å². The zero-order valence-corrected chi connectivity index (χ0v) is 14.9. The van der Waals surface area contributed by atoms with E-state index in [4.69, 9.17) is 44.6 Å². The second-order valence-corrected chi connectivity index (χ2v) is 7.44. The van der Waals surface area contributed by atoms with Gasteiger partial charge in [-0.1, -0.05) is 34.8 Å². The number of nitrogens with one attached hydrogen (secondary N) is 1. The predicted octanol–water partition coefficient (Wildman–Crippen LogP) is 3.91. The molecule has 2 rings (SSSR count). The predicted molar refractivity (Wildman–Crippen MR) is 91.9 cm³/mol. The smallest absolute Gasteiger partial charge is 0.341 e. The Balaban J connectivity index is 2.26. The van der Waals surface area contributed by atoms with Crippen molar-refractivity contribution >= 4 is 56.5 Å². The molecule has 2 N–H and O–H groups in total. The van der Waals surface area contributed by atoms with Crippen molar-refractivity contribution in [3.8, 4) is 5.75 Å². The Bertz CT molecular complexity index is 886. The minimum absolute atomic E-state index is 0.0404. The Labute approximate surface area is 153 Å². The summed E-state index contributed by atoms with van der Waals surface area (Å²) in [5, 5.41) is 9.03. The number of rotatable bonds is 6. The van der Waals surface area contributed by atoms with Gasteiger partial charge in [-0.3, -0.25) is 4.72 Å². The molecule has 0 aliphatic rings. The summed E-state index contributed by atoms with van der Waals surface area (Å²) in [4.78, 5) is 10.3. The maximum absolute atomic E-state index is 12.4. The van der Waals surface area contributed by atoms with Gasteiger partial charge in [0.15, 0.2) is 6.61 Å². The number of ether oxygens (including phenoxy) is 1. The first-order valence-corrected chi connectivity index (χ1v) is 8.93. The molecule has 0 radical (unpaired) electrons. The quantitative estimate of drug-likeness (QED) is 0.753. The fraction of sp³-hybridized carbons (Fsp3) is 0.0714. The van der Waals surface area contributed by atoms with E-state index in [2.05, 4.69) is 4.72 Å². The molecular formula is C14H10Cl3NO5S. The van der Waals surface area contributed by atoms with Gasteiger partial charge in [0.25, 0.3) is 10.0 Å². The van der Waals surface area contributed by atoms with Crippen LogP contribution in [0.15, 0.2) is 41.3 Å². The standard InChI is InChI=1S/C14H10Cl3NO5S/c15-8-1-3-12(10(16)5-8)18-24(21,22)9-2-4-13(11(17)6-9)23-7-14(19)20/h1-6,18H,7H2,(H,19,20). The van der Waals surface area contributed by atoms with Crippen LogP contribution in [-0.2, 0) is 14.8 Å². The zero-order valence-electron chi connectivity index (χ0n) is 11.8. The van der Waals surface area contributed by atoms with Crippen LogP contribution in [-0.4, -0.2) is 26.1 Å². The first kappa shape index (κ1) is 18.7. The number of halogens is 3. The highest BCUT2D eigenvalue weighted by atomic mass is 35.5. The lowest BCUT2D eigenvalue weighted by Crippen LogP contribution is -2.14. The summed E-state index contributed by atoms with van der Waals surface area (Å²) in [5.41, 5.74) is 0.156. The zero-order chi connectivity index (χ0) is 17.9. The number of carboxylic acid groups (broad SMARTS) is 1. The van der Waals surface area contributed by atoms with Gasteiger partial charge >= 0.3 is 5.97 Å². The summed E-state index contributed by atoms with van der Waals surface area (Å²) >= 11 is 17.6. The lowest BCUT2D eigenvalue weighted by Gasteiger charge is -2.11. The molecule has 0 unspecified atom stereocenters. The van der Waals surface area contributed by atoms with E-state index in [0.29, 0.717) is 5.02 Å². The number of sulfonamides is 1. The summed E-state index contributed by atoms with van der Waals surface area (Å²) in [6.07, 6.45) is 0. The number of hydrogen-bond donors (Lipinski definition) is 2. The summed E-state index contributed by atoms with van der Waals surface area (Å²) < 4.78 is 32.0. The Morgan fingerprint density at radius 2 is 1.79 bits per heavy atom. The number of hydrogen-bond acceptors (Lipinski definition) is 4. The molecule has 0 spiro atoms. The van der Waals surface area contributed by atoms with Gasteiger partial charge in [0.05, 0.1) is 20.6 Å². The van der Waals surface area contributed by atoms with Crippen LogP contribution in [0, 0.1) is 0 Å². The van der Waals surface area contributed by atoms with Gasteiger partial charge in [-0.2, -0.15) is 0 Å². The van der Waals surface area contributed by atoms with Crippen LogP contribution < -0.4 is 9.46 Å². The van der Waals surface area contributed by atoms with Crippen LogP contribution in [0.4, 0.5) is 5.69 Å². The van der Waals surface area contributed by atoms with Crippen molar-refractivity contribution in [1.29, 1.82) is 0 Å². The van der Waals surface area contributed by atoms with E-state index in [1.807, 2.05) is 0 Å². The third-order valence-electron chi connectivity index (χ3n) is 2.74. The number of aliphatic carboxylic acids is 1. The van der Waals surface area contributed by atoms with E-state index < -0.39 is 22.6 Å². The first-order valence-electron chi connectivity index (χ1n) is 6.31. The molecule has 0 aliphatic carbocycles. The molecule has 0 aliphatic heterocycles. The highest BCUT2D eigenvalue weighted by molar-refractivity contribution is 7.92. The summed E-state index contributed by atoms with van der Waals surface area (Å²) in [7, 11) is -3.95. The Kier molecular flexibility index (Phi) is 5.82. The van der Waals surface area contributed by atoms with E-state index in [1.54, 1.807) is 0 Å². The monoisotopic (exact) mass is 409 g/mol. The highest BCUT2D eigenvalue weighted by Gasteiger charge is 2.18. The van der Waals surface area contributed by atoms with Crippen LogP contribution in [0.1, 0.15) is 0 Å². The van der Waals surface area contributed by atoms with Gasteiger partial charge in [-0.15, -0.1) is 0 Å². The van der Waals surface area contributed by atoms with Crippen LogP contribution >= 0.6 is 34.8 Å². The van der Waals surface area contributed by atoms with Crippen LogP contribution in [0.2, 0.25) is 15.1 Å². The molecule has 0 aromatic heterocycles. The second kappa shape index (κ2) is 7.48. The highest BCUT2D eigenvalue weighted by Crippen LogP contribution is 2.30. The number of benzene rings is 2. The van der Waals surface area contributed by atoms with Crippen LogP contribution in [0.3, 0.4) is 0 Å². The van der Waals surface area contributed by atoms with Gasteiger partial charge in [-0.25, -0.2) is 13.2 Å². The molecule has 6 nitrogen and oxygen atoms in total. The number of carboxylic acids is 1. The second-order valence-electron chi connectivity index (χ2n) is 4.50. The van der Waals surface area contributed by atoms with Crippen molar-refractivity contribution in [2.75, 3.05) is 11.3 Å². The van der Waals surface area contributed by atoms with Gasteiger partial charge in [0.2, 0.25) is 0 Å². The lowest BCUT2D eigenvalue weighted by atomic mass is 10.3. The maximum Gasteiger partial charge on any atom is 0.341 e. The van der Waals surface area contributed by atoms with Gasteiger partial charge in [0.1, 0.15) is 5.75 Å². The normalized spacial score (nSPS) is 11.1. The molecule has 0 saturated carbocycles. The molecule has 2 aromatic rings. The fourth-order valence-corrected chi connectivity index (χ4v) is 3.60. The largest absolute Gasteiger partial charge is 0.480 e. The maximum atomic E-state index is 12.4. The molecule has 128 valence electrons. The molecule has 10 heteroatoms. The molecular weight excluding hydrogens is 401 g/mol. The molecule has 0 fully saturated rings. The first-order chi connectivity index (χ1) is 11.2. The van der Waals surface area contributed by atoms with Crippen molar-refractivity contribution in [3.05, 3.63) is 51.5 Å². The fourth-order valence-electron chi connectivity index (χ4n) is 1.68. The molecule has 0 heterocycles. The van der Waals surface area contributed by atoms with Crippen molar-refractivity contribution in [3.63, 3.8) is 0 Å². The van der Waals surface area contributed by atoms with Crippen molar-refractivity contribution in [2.24, 2.45) is 0 Å². The number of anilines is 1. The van der Waals surface area contributed by atoms with Gasteiger partial charge < -0.3 is 9.84 Å². The molecule has 0 amide bonds. The van der Waals surface area contributed by atoms with Crippen molar-refractivity contribution < 1.29 is 23.1 Å². The Morgan fingerprint density at radius 1 is 1.08 bits per heavy atom. The lowest BCUT2D eigenvalue weighted by molar-refractivity contribution is -0.139. The Morgan fingerprint density at radius 3 is 2.38 bits per heavy atom. The van der Waals surface area contributed by atoms with E-state index >= 15 is 0 Å². The topological polar surface area (TPSA) is 92.7 Å². The molecule has 24 heavy (non-hydrogen) atoms. The minimum atomic E-state index is -3.95. The third kappa shape index (κ3) is 4.67. The minimum Gasteiger partial charge on any atom is -0.480 e. The molecule has 0 bridgehead atoms. The Hall–Kier alpha value is -1.67. The molecule has 0 saturated heterocycles. The average molecular weight is 411 g/mol. The average Bonchev–Trinajstić information content (AvgIpc) is 2.48. The van der Waals surface area contributed by atoms with Crippen LogP contribution in [0.25, 0.3) is 0 Å². The molecule has 2 aromatic carbocycles. The number of carbonyl (C=O) groups is 1. The SMILES string of the molecule is O=C(O)COc1ccc(S(=O)(=O)Nc2ccc(Cl)cc2Cl)cc1Cl. The van der Waals surface area contributed by atoms with Crippen LogP contribution in [0.5, 0.6) is 5.75 Å². The van der Waals surface area contributed by atoms with Crippen molar-refractivity contribution in [2.45, 2.75) is 4.90 Å². The third-order valence-corrected chi connectivity index (χ3v) is 4.95. The van der Waals surface area contributed by atoms with E-state index in [9.17, 15) is 13.2 Å². The summed E-state index contributed by atoms with van der Waals surface area (Å²) in [5.74, 6) is -1.12. The van der Waals surface area contributed by atoms with E-state index in [0.717, 1.165) is 6.07 Å².